The number of Topliss-reactive ketones (excluding diaryl/α,β-unsaturated/α-hetero) is 1. The van der Waals surface area contributed by atoms with E-state index in [0.29, 0.717) is 12.8 Å². The number of esters is 1. The molecular formula is C12H22O4. The van der Waals surface area contributed by atoms with Gasteiger partial charge in [0.2, 0.25) is 0 Å². The zero-order valence-corrected chi connectivity index (χ0v) is 10.6. The predicted octanol–water partition coefficient (Wildman–Crippen LogP) is 2.10. The minimum absolute atomic E-state index is 0.0402. The van der Waals surface area contributed by atoms with Crippen molar-refractivity contribution in [2.75, 3.05) is 7.11 Å². The van der Waals surface area contributed by atoms with Crippen LogP contribution < -0.4 is 0 Å². The maximum absolute atomic E-state index is 11.5. The van der Waals surface area contributed by atoms with Crippen molar-refractivity contribution >= 4 is 11.8 Å². The average molecular weight is 230 g/mol. The van der Waals surface area contributed by atoms with E-state index in [0.717, 1.165) is 6.42 Å². The minimum atomic E-state index is -0.292. The second kappa shape index (κ2) is 8.28. The highest BCUT2D eigenvalue weighted by atomic mass is 16.5. The van der Waals surface area contributed by atoms with E-state index >= 15 is 0 Å². The molecule has 0 aromatic carbocycles. The molecule has 2 atom stereocenters. The fourth-order valence-electron chi connectivity index (χ4n) is 1.40. The summed E-state index contributed by atoms with van der Waals surface area (Å²) in [6.45, 7) is 5.35. The molecule has 0 aliphatic rings. The molecule has 0 saturated heterocycles. The fourth-order valence-corrected chi connectivity index (χ4v) is 1.40. The van der Waals surface area contributed by atoms with E-state index in [-0.39, 0.29) is 30.4 Å². The van der Waals surface area contributed by atoms with Crippen LogP contribution in [0, 0.1) is 0 Å². The maximum atomic E-state index is 11.5. The molecule has 0 radical (unpaired) electrons. The molecule has 0 unspecified atom stereocenters. The van der Waals surface area contributed by atoms with Crippen molar-refractivity contribution in [3.05, 3.63) is 0 Å². The molecule has 94 valence electrons. The average Bonchev–Trinajstić information content (AvgIpc) is 2.24. The monoisotopic (exact) mass is 230 g/mol. The first-order valence-electron chi connectivity index (χ1n) is 5.75. The molecule has 0 amide bonds. The van der Waals surface area contributed by atoms with Crippen molar-refractivity contribution < 1.29 is 19.1 Å². The van der Waals surface area contributed by atoms with Crippen LogP contribution in [0.25, 0.3) is 0 Å². The topological polar surface area (TPSA) is 52.6 Å². The van der Waals surface area contributed by atoms with Crippen molar-refractivity contribution in [2.24, 2.45) is 0 Å². The summed E-state index contributed by atoms with van der Waals surface area (Å²) in [5, 5.41) is 0. The van der Waals surface area contributed by atoms with Gasteiger partial charge in [-0.05, 0) is 19.8 Å². The van der Waals surface area contributed by atoms with E-state index in [1.807, 2.05) is 13.8 Å². The summed E-state index contributed by atoms with van der Waals surface area (Å²) in [7, 11) is 1.58. The van der Waals surface area contributed by atoms with Crippen LogP contribution in [0.2, 0.25) is 0 Å². The molecule has 0 aliphatic heterocycles. The zero-order chi connectivity index (χ0) is 12.6. The second-order valence-electron chi connectivity index (χ2n) is 3.90. The van der Waals surface area contributed by atoms with Crippen LogP contribution in [-0.4, -0.2) is 31.1 Å². The Morgan fingerprint density at radius 2 is 1.62 bits per heavy atom. The molecule has 0 aromatic rings. The molecule has 0 spiro atoms. The summed E-state index contributed by atoms with van der Waals surface area (Å²) in [4.78, 5) is 22.4. The molecular weight excluding hydrogens is 208 g/mol. The Bertz CT molecular complexity index is 221. The molecule has 0 aromatic heterocycles. The molecule has 0 aliphatic carbocycles. The van der Waals surface area contributed by atoms with Crippen LogP contribution in [0.15, 0.2) is 0 Å². The lowest BCUT2D eigenvalue weighted by Crippen LogP contribution is -2.23. The molecule has 4 heteroatoms. The zero-order valence-electron chi connectivity index (χ0n) is 10.6. The third kappa shape index (κ3) is 6.56. The number of methoxy groups -OCH3 is 1. The van der Waals surface area contributed by atoms with Gasteiger partial charge in [-0.25, -0.2) is 0 Å². The number of hydrogen-bond donors (Lipinski definition) is 0. The number of carbonyl (C=O) groups excluding carboxylic acids is 2. The van der Waals surface area contributed by atoms with Gasteiger partial charge in [-0.1, -0.05) is 13.8 Å². The minimum Gasteiger partial charge on any atom is -0.462 e. The Labute approximate surface area is 97.3 Å². The van der Waals surface area contributed by atoms with Gasteiger partial charge in [0.1, 0.15) is 11.9 Å². The van der Waals surface area contributed by atoms with Crippen molar-refractivity contribution in [3.8, 4) is 0 Å². The number of rotatable bonds is 8. The molecule has 0 rings (SSSR count). The van der Waals surface area contributed by atoms with Crippen LogP contribution in [0.3, 0.4) is 0 Å². The van der Waals surface area contributed by atoms with E-state index in [4.69, 9.17) is 9.47 Å². The normalized spacial score (nSPS) is 14.2. The molecule has 16 heavy (non-hydrogen) atoms. The first-order chi connectivity index (χ1) is 7.53. The highest BCUT2D eigenvalue weighted by molar-refractivity contribution is 5.77. The third-order valence-electron chi connectivity index (χ3n) is 2.45. The summed E-state index contributed by atoms with van der Waals surface area (Å²) in [6.07, 6.45) is 1.60. The smallest absolute Gasteiger partial charge is 0.308 e. The van der Waals surface area contributed by atoms with E-state index in [2.05, 4.69) is 0 Å². The number of ketones is 1. The Hall–Kier alpha value is -0.900. The maximum Gasteiger partial charge on any atom is 0.308 e. The van der Waals surface area contributed by atoms with Crippen molar-refractivity contribution in [2.45, 2.75) is 58.7 Å². The second-order valence-corrected chi connectivity index (χ2v) is 3.90. The lowest BCUT2D eigenvalue weighted by atomic mass is 10.1. The van der Waals surface area contributed by atoms with Crippen molar-refractivity contribution in [1.82, 2.24) is 0 Å². The van der Waals surface area contributed by atoms with Gasteiger partial charge in [0, 0.05) is 13.5 Å². The Balaban J connectivity index is 4.04. The quantitative estimate of drug-likeness (QED) is 0.599. The van der Waals surface area contributed by atoms with Crippen LogP contribution >= 0.6 is 0 Å². The first-order valence-corrected chi connectivity index (χ1v) is 5.75. The first kappa shape index (κ1) is 15.1. The fraction of sp³-hybridized carbons (Fsp3) is 0.833. The highest BCUT2D eigenvalue weighted by Crippen LogP contribution is 2.09. The number of hydrogen-bond acceptors (Lipinski definition) is 4. The van der Waals surface area contributed by atoms with Gasteiger partial charge >= 0.3 is 5.97 Å². The van der Waals surface area contributed by atoms with Crippen LogP contribution in [0.1, 0.15) is 46.5 Å². The standard InChI is InChI=1S/C12H22O4/c1-5-10(15-4)8-12(14)16-11(6-2)7-9(3)13/h10-11H,5-8H2,1-4H3/t10-,11-/m1/s1. The lowest BCUT2D eigenvalue weighted by molar-refractivity contribution is -0.152. The van der Waals surface area contributed by atoms with Crippen molar-refractivity contribution in [1.29, 1.82) is 0 Å². The van der Waals surface area contributed by atoms with E-state index < -0.39 is 0 Å². The Morgan fingerprint density at radius 1 is 1.06 bits per heavy atom. The van der Waals surface area contributed by atoms with Gasteiger partial charge in [0.25, 0.3) is 0 Å². The molecule has 0 heterocycles. The van der Waals surface area contributed by atoms with Gasteiger partial charge in [0.05, 0.1) is 12.5 Å². The van der Waals surface area contributed by atoms with E-state index in [9.17, 15) is 9.59 Å². The predicted molar refractivity (Wildman–Crippen MR) is 61.2 cm³/mol. The molecule has 4 nitrogen and oxygen atoms in total. The molecule has 0 bridgehead atoms. The summed E-state index contributed by atoms with van der Waals surface area (Å²) in [5.74, 6) is -0.250. The summed E-state index contributed by atoms with van der Waals surface area (Å²) in [5.41, 5.74) is 0. The Kier molecular flexibility index (Phi) is 7.81. The number of ether oxygens (including phenoxy) is 2. The van der Waals surface area contributed by atoms with Gasteiger partial charge in [-0.15, -0.1) is 0 Å². The van der Waals surface area contributed by atoms with Gasteiger partial charge in [-0.2, -0.15) is 0 Å². The van der Waals surface area contributed by atoms with Crippen LogP contribution in [0.4, 0.5) is 0 Å². The molecule has 0 fully saturated rings. The third-order valence-corrected chi connectivity index (χ3v) is 2.45. The highest BCUT2D eigenvalue weighted by Gasteiger charge is 2.17. The summed E-state index contributed by atoms with van der Waals surface area (Å²) >= 11 is 0. The summed E-state index contributed by atoms with van der Waals surface area (Å²) in [6, 6.07) is 0. The molecule has 0 N–H and O–H groups in total. The Morgan fingerprint density at radius 3 is 2.00 bits per heavy atom. The van der Waals surface area contributed by atoms with E-state index in [1.165, 1.54) is 6.92 Å². The van der Waals surface area contributed by atoms with Gasteiger partial charge in [-0.3, -0.25) is 9.59 Å². The van der Waals surface area contributed by atoms with Crippen LogP contribution in [0.5, 0.6) is 0 Å². The van der Waals surface area contributed by atoms with Gasteiger partial charge < -0.3 is 9.47 Å². The SMILES string of the molecule is CC[C@H](CC(=O)O[C@H](CC)CC(C)=O)OC. The van der Waals surface area contributed by atoms with Crippen molar-refractivity contribution in [3.63, 3.8) is 0 Å². The largest absolute Gasteiger partial charge is 0.462 e. The van der Waals surface area contributed by atoms with Crippen LogP contribution in [-0.2, 0) is 19.1 Å². The lowest BCUT2D eigenvalue weighted by Gasteiger charge is -2.17. The summed E-state index contributed by atoms with van der Waals surface area (Å²) < 4.78 is 10.3. The molecule has 0 saturated carbocycles. The number of carbonyl (C=O) groups is 2. The van der Waals surface area contributed by atoms with E-state index in [1.54, 1.807) is 7.11 Å². The van der Waals surface area contributed by atoms with Gasteiger partial charge in [0.15, 0.2) is 0 Å².